The molecule has 0 aliphatic carbocycles. The number of halogens is 3. The fourth-order valence-electron chi connectivity index (χ4n) is 2.82. The third-order valence-corrected chi connectivity index (χ3v) is 4.71. The molecule has 0 aromatic heterocycles. The van der Waals surface area contributed by atoms with Gasteiger partial charge in [-0.25, -0.2) is 0 Å². The Morgan fingerprint density at radius 1 is 1.14 bits per heavy atom. The highest BCUT2D eigenvalue weighted by molar-refractivity contribution is 5.28. The van der Waals surface area contributed by atoms with Crippen LogP contribution in [-0.2, 0) is 12.6 Å². The van der Waals surface area contributed by atoms with Crippen LogP contribution in [0.5, 0.6) is 5.75 Å². The van der Waals surface area contributed by atoms with Gasteiger partial charge < -0.3 is 20.9 Å². The zero-order chi connectivity index (χ0) is 21.4. The first-order valence-corrected chi connectivity index (χ1v) is 9.75. The van der Waals surface area contributed by atoms with Crippen molar-refractivity contribution in [2.24, 2.45) is 5.73 Å². The van der Waals surface area contributed by atoms with Crippen molar-refractivity contribution in [3.8, 4) is 5.75 Å². The minimum Gasteiger partial charge on any atom is -0.492 e. The van der Waals surface area contributed by atoms with Gasteiger partial charge in [-0.1, -0.05) is 31.2 Å². The van der Waals surface area contributed by atoms with Crippen molar-refractivity contribution < 1.29 is 23.0 Å². The van der Waals surface area contributed by atoms with E-state index in [1.807, 2.05) is 38.1 Å². The molecule has 3 atom stereocenters. The van der Waals surface area contributed by atoms with E-state index in [0.29, 0.717) is 13.0 Å². The SMILES string of the molecule is CCC(N)COc1ccc(CC(C)NCC(O)c2cccc(C(F)(F)F)c2)cc1. The lowest BCUT2D eigenvalue weighted by Gasteiger charge is -2.18. The monoisotopic (exact) mass is 410 g/mol. The zero-order valence-electron chi connectivity index (χ0n) is 16.7. The molecular formula is C22H29F3N2O2. The average Bonchev–Trinajstić information content (AvgIpc) is 2.70. The lowest BCUT2D eigenvalue weighted by molar-refractivity contribution is -0.137. The summed E-state index contributed by atoms with van der Waals surface area (Å²) >= 11 is 0. The van der Waals surface area contributed by atoms with E-state index in [0.717, 1.165) is 29.9 Å². The Labute approximate surface area is 169 Å². The first kappa shape index (κ1) is 23.2. The molecule has 0 saturated heterocycles. The molecule has 2 rings (SSSR count). The van der Waals surface area contributed by atoms with Gasteiger partial charge in [0.05, 0.1) is 11.7 Å². The molecule has 0 amide bonds. The predicted molar refractivity (Wildman–Crippen MR) is 108 cm³/mol. The molecule has 0 bridgehead atoms. The minimum atomic E-state index is -4.42. The molecule has 4 N–H and O–H groups in total. The second-order valence-electron chi connectivity index (χ2n) is 7.28. The van der Waals surface area contributed by atoms with Crippen LogP contribution < -0.4 is 15.8 Å². The van der Waals surface area contributed by atoms with Crippen LogP contribution in [0.3, 0.4) is 0 Å². The number of benzene rings is 2. The molecule has 0 aliphatic heterocycles. The number of nitrogens with two attached hydrogens (primary N) is 1. The molecule has 29 heavy (non-hydrogen) atoms. The van der Waals surface area contributed by atoms with Crippen molar-refractivity contribution in [2.75, 3.05) is 13.2 Å². The lowest BCUT2D eigenvalue weighted by atomic mass is 10.0. The number of alkyl halides is 3. The van der Waals surface area contributed by atoms with Gasteiger partial charge in [-0.05, 0) is 55.2 Å². The Hall–Kier alpha value is -2.09. The van der Waals surface area contributed by atoms with Gasteiger partial charge in [0.2, 0.25) is 0 Å². The molecule has 0 spiro atoms. The fourth-order valence-corrected chi connectivity index (χ4v) is 2.82. The van der Waals surface area contributed by atoms with Gasteiger partial charge in [0.1, 0.15) is 12.4 Å². The molecular weight excluding hydrogens is 381 g/mol. The van der Waals surface area contributed by atoms with E-state index in [1.54, 1.807) is 0 Å². The number of aliphatic hydroxyl groups is 1. The van der Waals surface area contributed by atoms with Gasteiger partial charge in [0.15, 0.2) is 0 Å². The number of ether oxygens (including phenoxy) is 1. The molecule has 0 radical (unpaired) electrons. The first-order valence-electron chi connectivity index (χ1n) is 9.75. The molecule has 2 aromatic rings. The number of nitrogens with one attached hydrogen (secondary N) is 1. The van der Waals surface area contributed by atoms with Crippen LogP contribution in [0.25, 0.3) is 0 Å². The Balaban J connectivity index is 1.82. The first-order chi connectivity index (χ1) is 13.7. The van der Waals surface area contributed by atoms with Crippen molar-refractivity contribution >= 4 is 0 Å². The van der Waals surface area contributed by atoms with Crippen molar-refractivity contribution in [1.29, 1.82) is 0 Å². The Morgan fingerprint density at radius 2 is 1.83 bits per heavy atom. The summed E-state index contributed by atoms with van der Waals surface area (Å²) in [4.78, 5) is 0. The number of aliphatic hydroxyl groups excluding tert-OH is 1. The molecule has 3 unspecified atom stereocenters. The summed E-state index contributed by atoms with van der Waals surface area (Å²) in [5.74, 6) is 0.762. The summed E-state index contributed by atoms with van der Waals surface area (Å²) in [5.41, 5.74) is 6.41. The zero-order valence-corrected chi connectivity index (χ0v) is 16.7. The van der Waals surface area contributed by atoms with Crippen LogP contribution in [0.4, 0.5) is 13.2 Å². The highest BCUT2D eigenvalue weighted by Crippen LogP contribution is 2.30. The van der Waals surface area contributed by atoms with Gasteiger partial charge in [-0.15, -0.1) is 0 Å². The summed E-state index contributed by atoms with van der Waals surface area (Å²) in [7, 11) is 0. The Kier molecular flexibility index (Phi) is 8.49. The van der Waals surface area contributed by atoms with Crippen LogP contribution in [0.1, 0.15) is 43.1 Å². The van der Waals surface area contributed by atoms with Crippen molar-refractivity contribution in [1.82, 2.24) is 5.32 Å². The quantitative estimate of drug-likeness (QED) is 0.552. The molecule has 0 saturated carbocycles. The third-order valence-electron chi connectivity index (χ3n) is 4.71. The number of hydrogen-bond acceptors (Lipinski definition) is 4. The standard InChI is InChI=1S/C22H29F3N2O2/c1-3-19(26)14-29-20-9-7-16(8-10-20)11-15(2)27-13-21(28)17-5-4-6-18(12-17)22(23,24)25/h4-10,12,15,19,21,27-28H,3,11,13-14,26H2,1-2H3. The maximum absolute atomic E-state index is 12.8. The van der Waals surface area contributed by atoms with Crippen LogP contribution >= 0.6 is 0 Å². The van der Waals surface area contributed by atoms with E-state index in [9.17, 15) is 18.3 Å². The molecule has 0 aliphatic rings. The normalized spacial score (nSPS) is 15.0. The van der Waals surface area contributed by atoms with Crippen molar-refractivity contribution in [3.05, 3.63) is 65.2 Å². The topological polar surface area (TPSA) is 67.5 Å². The van der Waals surface area contributed by atoms with Crippen LogP contribution in [0.15, 0.2) is 48.5 Å². The maximum Gasteiger partial charge on any atom is 0.416 e. The van der Waals surface area contributed by atoms with E-state index in [4.69, 9.17) is 10.5 Å². The summed E-state index contributed by atoms with van der Waals surface area (Å²) in [6.45, 7) is 4.61. The molecule has 0 fully saturated rings. The number of hydrogen-bond donors (Lipinski definition) is 3. The lowest BCUT2D eigenvalue weighted by Crippen LogP contribution is -2.32. The maximum atomic E-state index is 12.8. The highest BCUT2D eigenvalue weighted by atomic mass is 19.4. The van der Waals surface area contributed by atoms with E-state index >= 15 is 0 Å². The molecule has 160 valence electrons. The van der Waals surface area contributed by atoms with Crippen molar-refractivity contribution in [2.45, 2.75) is 51.1 Å². The summed E-state index contributed by atoms with van der Waals surface area (Å²) in [6, 6.07) is 12.6. The fraction of sp³-hybridized carbons (Fsp3) is 0.455. The van der Waals surface area contributed by atoms with Gasteiger partial charge in [-0.2, -0.15) is 13.2 Å². The van der Waals surface area contributed by atoms with E-state index < -0.39 is 17.8 Å². The Morgan fingerprint density at radius 3 is 2.45 bits per heavy atom. The van der Waals surface area contributed by atoms with Crippen molar-refractivity contribution in [3.63, 3.8) is 0 Å². The van der Waals surface area contributed by atoms with Gasteiger partial charge in [0, 0.05) is 18.6 Å². The number of rotatable bonds is 10. The smallest absolute Gasteiger partial charge is 0.416 e. The molecule has 4 nitrogen and oxygen atoms in total. The van der Waals surface area contributed by atoms with Gasteiger partial charge >= 0.3 is 6.18 Å². The molecule has 0 heterocycles. The highest BCUT2D eigenvalue weighted by Gasteiger charge is 2.30. The van der Waals surface area contributed by atoms with E-state index in [2.05, 4.69) is 5.32 Å². The average molecular weight is 410 g/mol. The van der Waals surface area contributed by atoms with Crippen LogP contribution in [0, 0.1) is 0 Å². The molecule has 7 heteroatoms. The second-order valence-corrected chi connectivity index (χ2v) is 7.28. The minimum absolute atomic E-state index is 0.0159. The van der Waals surface area contributed by atoms with E-state index in [1.165, 1.54) is 12.1 Å². The largest absolute Gasteiger partial charge is 0.492 e. The summed E-state index contributed by atoms with van der Waals surface area (Å²) in [6.07, 6.45) is -3.87. The third kappa shape index (κ3) is 7.68. The van der Waals surface area contributed by atoms with Gasteiger partial charge in [0.25, 0.3) is 0 Å². The molecule has 2 aromatic carbocycles. The summed E-state index contributed by atoms with van der Waals surface area (Å²) < 4.78 is 44.1. The second kappa shape index (κ2) is 10.6. The van der Waals surface area contributed by atoms with E-state index in [-0.39, 0.29) is 24.2 Å². The van der Waals surface area contributed by atoms with Crippen LogP contribution in [-0.4, -0.2) is 30.3 Å². The summed E-state index contributed by atoms with van der Waals surface area (Å²) in [5, 5.41) is 13.4. The van der Waals surface area contributed by atoms with Crippen LogP contribution in [0.2, 0.25) is 0 Å². The predicted octanol–water partition coefficient (Wildman–Crippen LogP) is 4.08. The van der Waals surface area contributed by atoms with Gasteiger partial charge in [-0.3, -0.25) is 0 Å². The Bertz CT molecular complexity index is 750.